The third kappa shape index (κ3) is 3.97. The van der Waals surface area contributed by atoms with Gasteiger partial charge in [-0.05, 0) is 39.2 Å². The van der Waals surface area contributed by atoms with Crippen LogP contribution in [-0.2, 0) is 4.74 Å². The molecule has 2 heterocycles. The van der Waals surface area contributed by atoms with Crippen LogP contribution in [0.25, 0.3) is 0 Å². The molecule has 1 fully saturated rings. The van der Waals surface area contributed by atoms with Gasteiger partial charge >= 0.3 is 0 Å². The fraction of sp³-hybridized carbons (Fsp3) is 0.733. The molecule has 3 atom stereocenters. The molecule has 1 aliphatic heterocycles. The second-order valence-electron chi connectivity index (χ2n) is 5.99. The summed E-state index contributed by atoms with van der Waals surface area (Å²) in [6.07, 6.45) is 0.474. The topological polar surface area (TPSA) is 66.5 Å². The number of hydrogen-bond acceptors (Lipinski definition) is 6. The van der Waals surface area contributed by atoms with Gasteiger partial charge in [0.2, 0.25) is 0 Å². The molecule has 0 spiro atoms. The lowest BCUT2D eigenvalue weighted by Crippen LogP contribution is -2.52. The van der Waals surface area contributed by atoms with Crippen LogP contribution in [0.4, 0.5) is 5.00 Å². The van der Waals surface area contributed by atoms with Crippen molar-refractivity contribution in [2.75, 3.05) is 32.0 Å². The fourth-order valence-electron chi connectivity index (χ4n) is 2.84. The van der Waals surface area contributed by atoms with E-state index in [0.717, 1.165) is 23.8 Å². The molecule has 0 aliphatic carbocycles. The summed E-state index contributed by atoms with van der Waals surface area (Å²) in [5, 5.41) is 6.88. The standard InChI is InChI=1S/C15H26N4O2S/c1-9(19-7-10(2)21-11(3)8-19)6-17-14(20)13-12(4)18-22-15(13)16-5/h9-11,16H,6-8H2,1-5H3,(H,17,20)/t9-,10-,11+/m0/s1. The summed E-state index contributed by atoms with van der Waals surface area (Å²) in [7, 11) is 1.81. The number of anilines is 1. The minimum Gasteiger partial charge on any atom is -0.378 e. The smallest absolute Gasteiger partial charge is 0.256 e. The predicted molar refractivity (Wildman–Crippen MR) is 89.8 cm³/mol. The molecule has 22 heavy (non-hydrogen) atoms. The molecule has 0 bridgehead atoms. The van der Waals surface area contributed by atoms with Crippen molar-refractivity contribution in [3.63, 3.8) is 0 Å². The summed E-state index contributed by atoms with van der Waals surface area (Å²) in [5.41, 5.74) is 1.43. The Kier molecular flexibility index (Phi) is 5.77. The van der Waals surface area contributed by atoms with E-state index in [1.807, 2.05) is 14.0 Å². The second-order valence-corrected chi connectivity index (χ2v) is 6.77. The molecular weight excluding hydrogens is 300 g/mol. The number of carbonyl (C=O) groups is 1. The summed E-state index contributed by atoms with van der Waals surface area (Å²) in [4.78, 5) is 14.8. The molecule has 2 rings (SSSR count). The predicted octanol–water partition coefficient (Wildman–Crippen LogP) is 1.72. The van der Waals surface area contributed by atoms with E-state index in [1.165, 1.54) is 11.5 Å². The van der Waals surface area contributed by atoms with Gasteiger partial charge in [-0.2, -0.15) is 4.37 Å². The van der Waals surface area contributed by atoms with Gasteiger partial charge in [-0.25, -0.2) is 0 Å². The van der Waals surface area contributed by atoms with E-state index in [-0.39, 0.29) is 24.2 Å². The van der Waals surface area contributed by atoms with Gasteiger partial charge in [-0.1, -0.05) is 0 Å². The number of carbonyl (C=O) groups excluding carboxylic acids is 1. The normalized spacial score (nSPS) is 24.0. The molecule has 0 saturated carbocycles. The molecule has 2 N–H and O–H groups in total. The first-order valence-corrected chi connectivity index (χ1v) is 8.51. The Labute approximate surface area is 136 Å². The van der Waals surface area contributed by atoms with Crippen molar-refractivity contribution < 1.29 is 9.53 Å². The van der Waals surface area contributed by atoms with Gasteiger partial charge in [-0.15, -0.1) is 0 Å². The number of morpholine rings is 1. The second kappa shape index (κ2) is 7.39. The maximum atomic E-state index is 12.4. The molecule has 1 aromatic rings. The van der Waals surface area contributed by atoms with E-state index in [1.54, 1.807) is 0 Å². The van der Waals surface area contributed by atoms with Gasteiger partial charge in [-0.3, -0.25) is 9.69 Å². The highest BCUT2D eigenvalue weighted by Crippen LogP contribution is 2.23. The lowest BCUT2D eigenvalue weighted by molar-refractivity contribution is -0.0778. The molecule has 0 unspecified atom stereocenters. The van der Waals surface area contributed by atoms with E-state index in [0.29, 0.717) is 12.1 Å². The largest absolute Gasteiger partial charge is 0.378 e. The van der Waals surface area contributed by atoms with E-state index in [9.17, 15) is 4.79 Å². The fourth-order valence-corrected chi connectivity index (χ4v) is 3.59. The average molecular weight is 326 g/mol. The molecule has 6 nitrogen and oxygen atoms in total. The van der Waals surface area contributed by atoms with Crippen LogP contribution in [0.15, 0.2) is 0 Å². The minimum absolute atomic E-state index is 0.0585. The number of rotatable bonds is 5. The van der Waals surface area contributed by atoms with Crippen molar-refractivity contribution in [3.8, 4) is 0 Å². The average Bonchev–Trinajstić information content (AvgIpc) is 2.84. The Bertz CT molecular complexity index is 510. The minimum atomic E-state index is -0.0585. The van der Waals surface area contributed by atoms with Crippen LogP contribution in [0.5, 0.6) is 0 Å². The molecule has 1 aromatic heterocycles. The first-order valence-electron chi connectivity index (χ1n) is 7.74. The Hall–Kier alpha value is -1.18. The summed E-state index contributed by atoms with van der Waals surface area (Å²) in [5.74, 6) is -0.0585. The summed E-state index contributed by atoms with van der Waals surface area (Å²) in [6.45, 7) is 10.6. The number of aromatic nitrogens is 1. The first kappa shape index (κ1) is 17.2. The zero-order valence-electron chi connectivity index (χ0n) is 14.0. The first-order chi connectivity index (χ1) is 10.4. The van der Waals surface area contributed by atoms with Crippen molar-refractivity contribution in [3.05, 3.63) is 11.3 Å². The zero-order chi connectivity index (χ0) is 16.3. The number of nitrogens with zero attached hydrogens (tertiary/aromatic N) is 2. The van der Waals surface area contributed by atoms with Gasteiger partial charge in [0.25, 0.3) is 5.91 Å². The van der Waals surface area contributed by atoms with Crippen molar-refractivity contribution in [2.45, 2.75) is 45.9 Å². The molecule has 1 saturated heterocycles. The number of ether oxygens (including phenoxy) is 1. The van der Waals surface area contributed by atoms with Crippen molar-refractivity contribution in [1.82, 2.24) is 14.6 Å². The van der Waals surface area contributed by atoms with Gasteiger partial charge < -0.3 is 15.4 Å². The Morgan fingerprint density at radius 3 is 2.68 bits per heavy atom. The maximum Gasteiger partial charge on any atom is 0.256 e. The summed E-state index contributed by atoms with van der Waals surface area (Å²) < 4.78 is 9.99. The maximum absolute atomic E-state index is 12.4. The lowest BCUT2D eigenvalue weighted by atomic mass is 10.1. The molecule has 1 amide bonds. The number of aryl methyl sites for hydroxylation is 1. The number of amides is 1. The van der Waals surface area contributed by atoms with Crippen LogP contribution in [0.3, 0.4) is 0 Å². The monoisotopic (exact) mass is 326 g/mol. The third-order valence-corrected chi connectivity index (χ3v) is 4.90. The molecule has 0 aromatic carbocycles. The van der Waals surface area contributed by atoms with E-state index in [2.05, 4.69) is 40.7 Å². The highest BCUT2D eigenvalue weighted by molar-refractivity contribution is 7.10. The molecule has 124 valence electrons. The van der Waals surface area contributed by atoms with Crippen molar-refractivity contribution in [1.29, 1.82) is 0 Å². The molecule has 0 radical (unpaired) electrons. The third-order valence-electron chi connectivity index (χ3n) is 3.95. The van der Waals surface area contributed by atoms with Crippen LogP contribution in [-0.4, -0.2) is 60.1 Å². The molecule has 1 aliphatic rings. The summed E-state index contributed by atoms with van der Waals surface area (Å²) in [6, 6.07) is 0.280. The van der Waals surface area contributed by atoms with Gasteiger partial charge in [0.1, 0.15) is 5.00 Å². The molecular formula is C15H26N4O2S. The van der Waals surface area contributed by atoms with Crippen molar-refractivity contribution in [2.24, 2.45) is 0 Å². The Morgan fingerprint density at radius 2 is 2.09 bits per heavy atom. The number of hydrogen-bond donors (Lipinski definition) is 2. The molecule has 7 heteroatoms. The van der Waals surface area contributed by atoms with Crippen LogP contribution in [0, 0.1) is 6.92 Å². The highest BCUT2D eigenvalue weighted by atomic mass is 32.1. The highest BCUT2D eigenvalue weighted by Gasteiger charge is 2.26. The van der Waals surface area contributed by atoms with Gasteiger partial charge in [0.05, 0.1) is 23.5 Å². The zero-order valence-corrected chi connectivity index (χ0v) is 14.8. The van der Waals surface area contributed by atoms with Crippen molar-refractivity contribution >= 4 is 22.4 Å². The Morgan fingerprint density at radius 1 is 1.45 bits per heavy atom. The van der Waals surface area contributed by atoms with Crippen LogP contribution in [0.1, 0.15) is 36.8 Å². The van der Waals surface area contributed by atoms with Gasteiger partial charge in [0, 0.05) is 32.7 Å². The Balaban J connectivity index is 1.91. The number of nitrogens with one attached hydrogen (secondary N) is 2. The van der Waals surface area contributed by atoms with Crippen LogP contribution < -0.4 is 10.6 Å². The van der Waals surface area contributed by atoms with E-state index in [4.69, 9.17) is 4.74 Å². The van der Waals surface area contributed by atoms with Crippen LogP contribution >= 0.6 is 11.5 Å². The van der Waals surface area contributed by atoms with Crippen LogP contribution in [0.2, 0.25) is 0 Å². The SMILES string of the molecule is CNc1snc(C)c1C(=O)NC[C@H](C)N1C[C@@H](C)O[C@@H](C)C1. The van der Waals surface area contributed by atoms with Gasteiger partial charge in [0.15, 0.2) is 0 Å². The quantitative estimate of drug-likeness (QED) is 0.862. The van der Waals surface area contributed by atoms with E-state index < -0.39 is 0 Å². The summed E-state index contributed by atoms with van der Waals surface area (Å²) >= 11 is 1.32. The van der Waals surface area contributed by atoms with E-state index >= 15 is 0 Å². The lowest BCUT2D eigenvalue weighted by Gasteiger charge is -2.39.